The molecule has 8 heteroatoms. The van der Waals surface area contributed by atoms with E-state index in [1.165, 1.54) is 12.1 Å². The lowest BCUT2D eigenvalue weighted by atomic mass is 10.1. The summed E-state index contributed by atoms with van der Waals surface area (Å²) in [7, 11) is 0. The number of β-amino-alcohol motifs (C(OH)–C–C–N with tert-alkyl or cyclic N) is 1. The molecule has 0 spiro atoms. The van der Waals surface area contributed by atoms with Gasteiger partial charge in [0.15, 0.2) is 0 Å². The number of halogens is 1. The van der Waals surface area contributed by atoms with E-state index in [9.17, 15) is 14.3 Å². The molecule has 1 aliphatic rings. The van der Waals surface area contributed by atoms with E-state index < -0.39 is 12.1 Å². The zero-order chi connectivity index (χ0) is 19.5. The van der Waals surface area contributed by atoms with Crippen molar-refractivity contribution in [2.24, 2.45) is 0 Å². The van der Waals surface area contributed by atoms with Crippen LogP contribution in [0.2, 0.25) is 0 Å². The summed E-state index contributed by atoms with van der Waals surface area (Å²) in [6.45, 7) is 0.592. The number of amides is 1. The Balaban J connectivity index is 1.59. The second-order valence-corrected chi connectivity index (χ2v) is 6.70. The van der Waals surface area contributed by atoms with Gasteiger partial charge in [-0.1, -0.05) is 18.2 Å². The van der Waals surface area contributed by atoms with Crippen molar-refractivity contribution in [3.8, 4) is 22.6 Å². The summed E-state index contributed by atoms with van der Waals surface area (Å²) in [4.78, 5) is 24.4. The largest absolute Gasteiger partial charge is 0.392 e. The first-order valence-electron chi connectivity index (χ1n) is 9.05. The Morgan fingerprint density at radius 1 is 1.29 bits per heavy atom. The number of benzene rings is 1. The van der Waals surface area contributed by atoms with E-state index in [1.807, 2.05) is 18.2 Å². The Kier molecular flexibility index (Phi) is 5.14. The summed E-state index contributed by atoms with van der Waals surface area (Å²) in [6, 6.07) is 11.3. The van der Waals surface area contributed by atoms with Crippen molar-refractivity contribution in [2.45, 2.75) is 25.1 Å². The number of hydrogen-bond donors (Lipinski definition) is 4. The minimum Gasteiger partial charge on any atom is -0.392 e. The number of rotatable bonds is 5. The standard InChI is InChI=1S/C20H20FN5O2/c21-13-5-3-4-12(8-13)18-19(15-6-1-2-7-22-15)26-17(25-18)11-24-20(28)16-9-14(27)10-23-16/h1-8,14,16,23,27H,9-11H2,(H,24,28)(H,25,26)/t14-,16+/m1/s1. The molecule has 7 nitrogen and oxygen atoms in total. The molecule has 4 N–H and O–H groups in total. The second kappa shape index (κ2) is 7.87. The lowest BCUT2D eigenvalue weighted by Crippen LogP contribution is -2.40. The maximum Gasteiger partial charge on any atom is 0.237 e. The highest BCUT2D eigenvalue weighted by atomic mass is 19.1. The minimum absolute atomic E-state index is 0.183. The predicted octanol–water partition coefficient (Wildman–Crippen LogP) is 1.62. The lowest BCUT2D eigenvalue weighted by Gasteiger charge is -2.09. The number of aromatic nitrogens is 3. The van der Waals surface area contributed by atoms with Crippen LogP contribution < -0.4 is 10.6 Å². The van der Waals surface area contributed by atoms with Gasteiger partial charge in [0.2, 0.25) is 5.91 Å². The van der Waals surface area contributed by atoms with E-state index in [0.29, 0.717) is 41.4 Å². The first-order chi connectivity index (χ1) is 13.6. The molecule has 1 saturated heterocycles. The van der Waals surface area contributed by atoms with Crippen LogP contribution in [0.25, 0.3) is 22.6 Å². The third kappa shape index (κ3) is 3.92. The molecule has 0 radical (unpaired) electrons. The summed E-state index contributed by atoms with van der Waals surface area (Å²) in [6.07, 6.45) is 1.55. The molecule has 3 aromatic rings. The summed E-state index contributed by atoms with van der Waals surface area (Å²) in [5, 5.41) is 15.3. The van der Waals surface area contributed by atoms with Crippen LogP contribution >= 0.6 is 0 Å². The van der Waals surface area contributed by atoms with Gasteiger partial charge in [-0.15, -0.1) is 0 Å². The third-order valence-corrected chi connectivity index (χ3v) is 4.63. The zero-order valence-corrected chi connectivity index (χ0v) is 15.0. The zero-order valence-electron chi connectivity index (χ0n) is 15.0. The first kappa shape index (κ1) is 18.3. The van der Waals surface area contributed by atoms with Crippen molar-refractivity contribution in [2.75, 3.05) is 6.54 Å². The topological polar surface area (TPSA) is 103 Å². The van der Waals surface area contributed by atoms with Crippen LogP contribution in [-0.4, -0.2) is 44.7 Å². The Morgan fingerprint density at radius 2 is 2.18 bits per heavy atom. The lowest BCUT2D eigenvalue weighted by molar-refractivity contribution is -0.123. The quantitative estimate of drug-likeness (QED) is 0.538. The summed E-state index contributed by atoms with van der Waals surface area (Å²) in [5.41, 5.74) is 2.52. The van der Waals surface area contributed by atoms with Gasteiger partial charge in [0.05, 0.1) is 35.8 Å². The van der Waals surface area contributed by atoms with Crippen LogP contribution in [0, 0.1) is 5.82 Å². The van der Waals surface area contributed by atoms with E-state index in [-0.39, 0.29) is 18.3 Å². The van der Waals surface area contributed by atoms with Gasteiger partial charge >= 0.3 is 0 Å². The Labute approximate surface area is 161 Å². The molecule has 1 amide bonds. The highest BCUT2D eigenvalue weighted by Gasteiger charge is 2.28. The van der Waals surface area contributed by atoms with Crippen LogP contribution in [0.5, 0.6) is 0 Å². The molecule has 0 aliphatic carbocycles. The maximum absolute atomic E-state index is 13.7. The van der Waals surface area contributed by atoms with Crippen molar-refractivity contribution in [3.05, 3.63) is 60.3 Å². The molecule has 144 valence electrons. The molecular formula is C20H20FN5O2. The van der Waals surface area contributed by atoms with E-state index in [2.05, 4.69) is 25.6 Å². The smallest absolute Gasteiger partial charge is 0.237 e. The van der Waals surface area contributed by atoms with Crippen molar-refractivity contribution >= 4 is 5.91 Å². The maximum atomic E-state index is 13.7. The number of hydrogen-bond acceptors (Lipinski definition) is 5. The number of nitrogens with zero attached hydrogens (tertiary/aromatic N) is 2. The number of imidazole rings is 1. The monoisotopic (exact) mass is 381 g/mol. The molecule has 0 saturated carbocycles. The van der Waals surface area contributed by atoms with Crippen molar-refractivity contribution < 1.29 is 14.3 Å². The number of aliphatic hydroxyl groups is 1. The molecule has 2 aromatic heterocycles. The van der Waals surface area contributed by atoms with Crippen molar-refractivity contribution in [1.29, 1.82) is 0 Å². The number of aliphatic hydroxyl groups excluding tert-OH is 1. The minimum atomic E-state index is -0.505. The fourth-order valence-corrected chi connectivity index (χ4v) is 3.26. The number of pyridine rings is 1. The van der Waals surface area contributed by atoms with Gasteiger partial charge in [0, 0.05) is 18.3 Å². The van der Waals surface area contributed by atoms with E-state index in [1.54, 1.807) is 18.3 Å². The third-order valence-electron chi connectivity index (χ3n) is 4.63. The SMILES string of the molecule is O=C(NCc1nc(-c2cccc(F)c2)c(-c2ccccn2)[nH]1)[C@@H]1C[C@@H](O)CN1. The highest BCUT2D eigenvalue weighted by molar-refractivity contribution is 5.82. The number of aromatic amines is 1. The molecular weight excluding hydrogens is 361 g/mol. The molecule has 4 rings (SSSR count). The second-order valence-electron chi connectivity index (χ2n) is 6.70. The average Bonchev–Trinajstić information content (AvgIpc) is 3.33. The van der Waals surface area contributed by atoms with Gasteiger partial charge in [0.25, 0.3) is 0 Å². The molecule has 3 heterocycles. The normalized spacial score (nSPS) is 18.9. The van der Waals surface area contributed by atoms with Crippen LogP contribution in [-0.2, 0) is 11.3 Å². The fourth-order valence-electron chi connectivity index (χ4n) is 3.26. The van der Waals surface area contributed by atoms with Gasteiger partial charge in [-0.05, 0) is 30.7 Å². The molecule has 1 aliphatic heterocycles. The molecule has 1 fully saturated rings. The van der Waals surface area contributed by atoms with Crippen LogP contribution in [0.1, 0.15) is 12.2 Å². The van der Waals surface area contributed by atoms with Gasteiger partial charge in [-0.3, -0.25) is 9.78 Å². The molecule has 0 bridgehead atoms. The van der Waals surface area contributed by atoms with E-state index in [4.69, 9.17) is 0 Å². The number of carbonyl (C=O) groups excluding carboxylic acids is 1. The van der Waals surface area contributed by atoms with Gasteiger partial charge in [-0.25, -0.2) is 9.37 Å². The Morgan fingerprint density at radius 3 is 2.89 bits per heavy atom. The van der Waals surface area contributed by atoms with Crippen molar-refractivity contribution in [1.82, 2.24) is 25.6 Å². The molecule has 0 unspecified atom stereocenters. The van der Waals surface area contributed by atoms with Crippen LogP contribution in [0.3, 0.4) is 0 Å². The van der Waals surface area contributed by atoms with Crippen LogP contribution in [0.15, 0.2) is 48.7 Å². The number of nitrogens with one attached hydrogen (secondary N) is 3. The summed E-state index contributed by atoms with van der Waals surface area (Å²) < 4.78 is 13.7. The predicted molar refractivity (Wildman–Crippen MR) is 101 cm³/mol. The fraction of sp³-hybridized carbons (Fsp3) is 0.250. The molecule has 1 aromatic carbocycles. The molecule has 28 heavy (non-hydrogen) atoms. The first-order valence-corrected chi connectivity index (χ1v) is 9.05. The Hall–Kier alpha value is -3.10. The average molecular weight is 381 g/mol. The van der Waals surface area contributed by atoms with Gasteiger partial charge in [0.1, 0.15) is 11.6 Å². The van der Waals surface area contributed by atoms with Crippen molar-refractivity contribution in [3.63, 3.8) is 0 Å². The van der Waals surface area contributed by atoms with E-state index in [0.717, 1.165) is 0 Å². The van der Waals surface area contributed by atoms with Gasteiger partial charge < -0.3 is 20.7 Å². The summed E-state index contributed by atoms with van der Waals surface area (Å²) >= 11 is 0. The number of carbonyl (C=O) groups is 1. The Bertz CT molecular complexity index is 976. The van der Waals surface area contributed by atoms with E-state index >= 15 is 0 Å². The highest BCUT2D eigenvalue weighted by Crippen LogP contribution is 2.29. The summed E-state index contributed by atoms with van der Waals surface area (Å²) in [5.74, 6) is -0.0142. The van der Waals surface area contributed by atoms with Crippen LogP contribution in [0.4, 0.5) is 4.39 Å². The molecule has 2 atom stereocenters. The van der Waals surface area contributed by atoms with Gasteiger partial charge in [-0.2, -0.15) is 0 Å². The number of H-pyrrole nitrogens is 1.